The number of amides is 5. The molecule has 0 spiro atoms. The molecule has 0 aliphatic carbocycles. The zero-order valence-corrected chi connectivity index (χ0v) is 24.2. The SMILES string of the molecule is C=C(NC(=O)Nc1ccncc1)NC(=NCCC)/C(=C\N)C(=O)NCCCNC(=O)CN(C)C(=O)/C=C/CN(C)C. The van der Waals surface area contributed by atoms with E-state index in [0.717, 1.165) is 6.20 Å². The number of carbonyl (C=O) groups is 4. The molecule has 5 amide bonds. The summed E-state index contributed by atoms with van der Waals surface area (Å²) in [7, 11) is 5.33. The van der Waals surface area contributed by atoms with Crippen LogP contribution in [0.25, 0.3) is 0 Å². The van der Waals surface area contributed by atoms with Crippen molar-refractivity contribution in [3.8, 4) is 0 Å². The van der Waals surface area contributed by atoms with Crippen LogP contribution < -0.4 is 32.3 Å². The molecule has 0 atom stereocenters. The Morgan fingerprint density at radius 1 is 1.07 bits per heavy atom. The molecule has 7 N–H and O–H groups in total. The van der Waals surface area contributed by atoms with Gasteiger partial charge in [-0.2, -0.15) is 0 Å². The highest BCUT2D eigenvalue weighted by atomic mass is 16.2. The molecule has 41 heavy (non-hydrogen) atoms. The minimum absolute atomic E-state index is 0.0578. The van der Waals surface area contributed by atoms with Crippen LogP contribution in [0.2, 0.25) is 0 Å². The standard InChI is InChI=1S/C27H42N10O4/c1-6-12-31-25(33-20(2)34-27(41)35-21-10-15-29-16-11-21)22(18-28)26(40)32-14-8-13-30-23(38)19-37(5)24(39)9-7-17-36(3)4/h7,9-11,15-16,18H,2,6,8,12-14,17,19,28H2,1,3-5H3,(H,30,38)(H,31,33)(H,32,40)(H2,29,34,35,41)/b9-7+,22-18+. The minimum atomic E-state index is -0.551. The molecule has 224 valence electrons. The molecule has 0 saturated heterocycles. The number of amidine groups is 1. The first-order valence-corrected chi connectivity index (χ1v) is 13.1. The van der Waals surface area contributed by atoms with Crippen molar-refractivity contribution in [2.24, 2.45) is 10.7 Å². The summed E-state index contributed by atoms with van der Waals surface area (Å²) >= 11 is 0. The number of rotatable bonds is 16. The highest BCUT2D eigenvalue weighted by Crippen LogP contribution is 2.03. The van der Waals surface area contributed by atoms with Gasteiger partial charge >= 0.3 is 6.03 Å². The van der Waals surface area contributed by atoms with E-state index in [1.165, 1.54) is 23.4 Å². The van der Waals surface area contributed by atoms with Crippen LogP contribution in [0.4, 0.5) is 10.5 Å². The third-order valence-electron chi connectivity index (χ3n) is 5.08. The first kappa shape index (κ1) is 34.3. The number of nitrogens with zero attached hydrogens (tertiary/aromatic N) is 4. The molecule has 14 nitrogen and oxygen atoms in total. The van der Waals surface area contributed by atoms with Crippen LogP contribution >= 0.6 is 0 Å². The molecule has 0 saturated carbocycles. The number of urea groups is 1. The Labute approximate surface area is 241 Å². The van der Waals surface area contributed by atoms with E-state index in [1.807, 2.05) is 25.9 Å². The Bertz CT molecular complexity index is 1120. The second-order valence-electron chi connectivity index (χ2n) is 9.05. The number of carbonyl (C=O) groups excluding carboxylic acids is 4. The highest BCUT2D eigenvalue weighted by molar-refractivity contribution is 6.21. The largest absolute Gasteiger partial charge is 0.404 e. The van der Waals surface area contributed by atoms with Crippen LogP contribution in [0.15, 0.2) is 65.8 Å². The Morgan fingerprint density at radius 3 is 2.39 bits per heavy atom. The fraction of sp³-hybridized carbons (Fsp3) is 0.407. The number of anilines is 1. The Morgan fingerprint density at radius 2 is 1.76 bits per heavy atom. The zero-order valence-electron chi connectivity index (χ0n) is 24.2. The smallest absolute Gasteiger partial charge is 0.324 e. The summed E-state index contributed by atoms with van der Waals surface area (Å²) in [6.45, 7) is 7.17. The molecule has 0 bridgehead atoms. The van der Waals surface area contributed by atoms with E-state index < -0.39 is 11.9 Å². The molecule has 1 aromatic rings. The Kier molecular flexibility index (Phi) is 16.2. The quantitative estimate of drug-likeness (QED) is 0.0700. The zero-order chi connectivity index (χ0) is 30.6. The number of aliphatic imine (C=N–C) groups is 1. The van der Waals surface area contributed by atoms with Crippen LogP contribution in [-0.4, -0.2) is 98.2 Å². The second kappa shape index (κ2) is 19.4. The van der Waals surface area contributed by atoms with Crippen molar-refractivity contribution in [1.29, 1.82) is 0 Å². The normalized spacial score (nSPS) is 11.6. The van der Waals surface area contributed by atoms with Gasteiger partial charge in [-0.3, -0.25) is 29.7 Å². The van der Waals surface area contributed by atoms with Crippen LogP contribution in [0.5, 0.6) is 0 Å². The summed E-state index contributed by atoms with van der Waals surface area (Å²) in [6.07, 6.45) is 8.50. The van der Waals surface area contributed by atoms with Crippen molar-refractivity contribution >= 4 is 35.3 Å². The van der Waals surface area contributed by atoms with Crippen molar-refractivity contribution in [1.82, 2.24) is 36.1 Å². The fourth-order valence-electron chi connectivity index (χ4n) is 3.04. The van der Waals surface area contributed by atoms with Crippen LogP contribution in [0.3, 0.4) is 0 Å². The second-order valence-corrected chi connectivity index (χ2v) is 9.05. The predicted molar refractivity (Wildman–Crippen MR) is 159 cm³/mol. The topological polar surface area (TPSA) is 186 Å². The highest BCUT2D eigenvalue weighted by Gasteiger charge is 2.17. The van der Waals surface area contributed by atoms with Gasteiger partial charge < -0.3 is 36.8 Å². The van der Waals surface area contributed by atoms with Gasteiger partial charge in [0.05, 0.1) is 12.1 Å². The third kappa shape index (κ3) is 14.9. The summed E-state index contributed by atoms with van der Waals surface area (Å²) in [5.41, 5.74) is 6.33. The van der Waals surface area contributed by atoms with Gasteiger partial charge in [-0.1, -0.05) is 19.6 Å². The first-order chi connectivity index (χ1) is 19.6. The molecular weight excluding hydrogens is 528 g/mol. The molecule has 14 heteroatoms. The molecule has 0 aliphatic rings. The van der Waals surface area contributed by atoms with E-state index >= 15 is 0 Å². The van der Waals surface area contributed by atoms with E-state index in [1.54, 1.807) is 25.3 Å². The molecule has 1 heterocycles. The number of aromatic nitrogens is 1. The Hall–Kier alpha value is -4.72. The maximum Gasteiger partial charge on any atom is 0.324 e. The maximum atomic E-state index is 12.8. The van der Waals surface area contributed by atoms with Crippen molar-refractivity contribution < 1.29 is 19.2 Å². The van der Waals surface area contributed by atoms with E-state index in [4.69, 9.17) is 5.73 Å². The lowest BCUT2D eigenvalue weighted by molar-refractivity contribution is -0.131. The lowest BCUT2D eigenvalue weighted by Gasteiger charge is -2.16. The average molecular weight is 571 g/mol. The van der Waals surface area contributed by atoms with Gasteiger partial charge in [0.1, 0.15) is 11.7 Å². The number of hydrogen-bond acceptors (Lipinski definition) is 8. The van der Waals surface area contributed by atoms with Gasteiger partial charge in [0, 0.05) is 63.6 Å². The van der Waals surface area contributed by atoms with Crippen molar-refractivity contribution in [2.45, 2.75) is 19.8 Å². The molecule has 0 radical (unpaired) electrons. The molecule has 1 aromatic heterocycles. The van der Waals surface area contributed by atoms with Gasteiger partial charge in [0.2, 0.25) is 11.8 Å². The van der Waals surface area contributed by atoms with Crippen LogP contribution in [-0.2, 0) is 14.4 Å². The van der Waals surface area contributed by atoms with Gasteiger partial charge in [-0.05, 0) is 39.1 Å². The van der Waals surface area contributed by atoms with Gasteiger partial charge in [0.25, 0.3) is 5.91 Å². The fourth-order valence-corrected chi connectivity index (χ4v) is 3.04. The van der Waals surface area contributed by atoms with Gasteiger partial charge in [0.15, 0.2) is 0 Å². The van der Waals surface area contributed by atoms with Crippen molar-refractivity contribution in [3.63, 3.8) is 0 Å². The van der Waals surface area contributed by atoms with E-state index in [2.05, 4.69) is 43.1 Å². The van der Waals surface area contributed by atoms with E-state index in [0.29, 0.717) is 38.2 Å². The summed E-state index contributed by atoms with van der Waals surface area (Å²) in [5, 5.41) is 13.4. The number of pyridine rings is 1. The summed E-state index contributed by atoms with van der Waals surface area (Å²) < 4.78 is 0. The van der Waals surface area contributed by atoms with Gasteiger partial charge in [-0.15, -0.1) is 0 Å². The molecule has 0 fully saturated rings. The summed E-state index contributed by atoms with van der Waals surface area (Å²) in [4.78, 5) is 60.7. The molecular formula is C27H42N10O4. The van der Waals surface area contributed by atoms with E-state index in [-0.39, 0.29) is 42.1 Å². The summed E-state index contributed by atoms with van der Waals surface area (Å²) in [6, 6.07) is 2.70. The Balaban J connectivity index is 2.53. The lowest BCUT2D eigenvalue weighted by Crippen LogP contribution is -2.41. The van der Waals surface area contributed by atoms with Crippen molar-refractivity contribution in [3.05, 3.63) is 60.9 Å². The first-order valence-electron chi connectivity index (χ1n) is 13.1. The van der Waals surface area contributed by atoms with Crippen LogP contribution in [0.1, 0.15) is 19.8 Å². The molecule has 0 unspecified atom stereocenters. The molecule has 0 aromatic carbocycles. The van der Waals surface area contributed by atoms with Crippen LogP contribution in [0, 0.1) is 0 Å². The minimum Gasteiger partial charge on any atom is -0.404 e. The number of nitrogens with two attached hydrogens (primary N) is 1. The monoisotopic (exact) mass is 570 g/mol. The number of hydrogen-bond donors (Lipinski definition) is 6. The lowest BCUT2D eigenvalue weighted by atomic mass is 10.2. The number of likely N-dealkylation sites (N-methyl/N-ethyl adjacent to an activating group) is 2. The number of nitrogens with one attached hydrogen (secondary N) is 5. The van der Waals surface area contributed by atoms with Crippen molar-refractivity contribution in [2.75, 3.05) is 59.2 Å². The summed E-state index contributed by atoms with van der Waals surface area (Å²) in [5.74, 6) is -0.852. The maximum absolute atomic E-state index is 12.8. The predicted octanol–water partition coefficient (Wildman–Crippen LogP) is 0.114. The third-order valence-corrected chi connectivity index (χ3v) is 5.08. The average Bonchev–Trinajstić information content (AvgIpc) is 2.91. The molecule has 1 rings (SSSR count). The van der Waals surface area contributed by atoms with Gasteiger partial charge in [-0.25, -0.2) is 4.79 Å². The molecule has 0 aliphatic heterocycles. The van der Waals surface area contributed by atoms with E-state index in [9.17, 15) is 19.2 Å².